The second-order valence-electron chi connectivity index (χ2n) is 5.71. The van der Waals surface area contributed by atoms with Crippen LogP contribution in [0.3, 0.4) is 0 Å². The molecule has 1 amide bonds. The monoisotopic (exact) mass is 405 g/mol. The molecule has 9 heteroatoms. The maximum absolute atomic E-state index is 12.6. The van der Waals surface area contributed by atoms with E-state index in [4.69, 9.17) is 9.47 Å². The molecule has 7 nitrogen and oxygen atoms in total. The lowest BCUT2D eigenvalue weighted by molar-refractivity contribution is -0.115. The second kappa shape index (κ2) is 8.01. The second-order valence-corrected chi connectivity index (χ2v) is 7.94. The molecule has 3 aromatic rings. The Kier molecular flexibility index (Phi) is 5.71. The third-order valence-corrected chi connectivity index (χ3v) is 5.98. The van der Waals surface area contributed by atoms with Gasteiger partial charge in [-0.25, -0.2) is 4.98 Å². The number of rotatable bonds is 6. The summed E-state index contributed by atoms with van der Waals surface area (Å²) in [4.78, 5) is 29.4. The summed E-state index contributed by atoms with van der Waals surface area (Å²) in [5.41, 5.74) is 1.14. The quantitative estimate of drug-likeness (QED) is 0.501. The lowest BCUT2D eigenvalue weighted by Gasteiger charge is -2.14. The Hall–Kier alpha value is -2.52. The van der Waals surface area contributed by atoms with E-state index in [1.165, 1.54) is 34.8 Å². The minimum atomic E-state index is -0.452. The van der Waals surface area contributed by atoms with E-state index in [0.29, 0.717) is 32.6 Å². The van der Waals surface area contributed by atoms with Gasteiger partial charge in [-0.3, -0.25) is 14.2 Å². The minimum Gasteiger partial charge on any atom is -0.493 e. The molecule has 2 heterocycles. The summed E-state index contributed by atoms with van der Waals surface area (Å²) < 4.78 is 12.5. The summed E-state index contributed by atoms with van der Waals surface area (Å²) in [6.07, 6.45) is 0. The summed E-state index contributed by atoms with van der Waals surface area (Å²) in [6.45, 7) is 1.77. The highest BCUT2D eigenvalue weighted by molar-refractivity contribution is 8.00. The molecule has 0 spiro atoms. The van der Waals surface area contributed by atoms with Gasteiger partial charge in [-0.1, -0.05) is 11.8 Å². The van der Waals surface area contributed by atoms with Crippen molar-refractivity contribution in [3.05, 3.63) is 40.0 Å². The number of thiophene rings is 1. The summed E-state index contributed by atoms with van der Waals surface area (Å²) in [5, 5.41) is 4.73. The maximum Gasteiger partial charge on any atom is 0.271 e. The first-order valence-electron chi connectivity index (χ1n) is 8.08. The summed E-state index contributed by atoms with van der Waals surface area (Å²) in [5.74, 6) is 0.913. The van der Waals surface area contributed by atoms with E-state index in [1.807, 2.05) is 5.38 Å². The number of benzene rings is 1. The van der Waals surface area contributed by atoms with E-state index in [9.17, 15) is 9.59 Å². The van der Waals surface area contributed by atoms with Crippen LogP contribution in [0, 0.1) is 0 Å². The molecular weight excluding hydrogens is 386 g/mol. The maximum atomic E-state index is 12.6. The number of aromatic nitrogens is 2. The normalized spacial score (nSPS) is 12.0. The van der Waals surface area contributed by atoms with Crippen molar-refractivity contribution < 1.29 is 14.3 Å². The van der Waals surface area contributed by atoms with Crippen LogP contribution in [0.25, 0.3) is 10.2 Å². The van der Waals surface area contributed by atoms with Crippen LogP contribution < -0.4 is 20.3 Å². The average molecular weight is 406 g/mol. The molecule has 0 aliphatic carbocycles. The summed E-state index contributed by atoms with van der Waals surface area (Å²) in [6, 6.07) is 6.96. The van der Waals surface area contributed by atoms with E-state index < -0.39 is 5.25 Å². The number of methoxy groups -OCH3 is 2. The number of nitrogens with zero attached hydrogens (tertiary/aromatic N) is 2. The number of nitrogens with one attached hydrogen (secondary N) is 1. The minimum absolute atomic E-state index is 0.106. The number of carbonyl (C=O) groups excluding carboxylic acids is 1. The third kappa shape index (κ3) is 3.93. The van der Waals surface area contributed by atoms with Crippen LogP contribution in [0.5, 0.6) is 11.5 Å². The van der Waals surface area contributed by atoms with Crippen LogP contribution in [-0.2, 0) is 11.8 Å². The van der Waals surface area contributed by atoms with E-state index in [2.05, 4.69) is 10.3 Å². The highest BCUT2D eigenvalue weighted by Gasteiger charge is 2.19. The fourth-order valence-corrected chi connectivity index (χ4v) is 4.12. The van der Waals surface area contributed by atoms with Gasteiger partial charge in [-0.2, -0.15) is 0 Å². The van der Waals surface area contributed by atoms with Crippen LogP contribution in [0.15, 0.2) is 39.6 Å². The lowest BCUT2D eigenvalue weighted by Crippen LogP contribution is -2.25. The first-order chi connectivity index (χ1) is 12.9. The van der Waals surface area contributed by atoms with Gasteiger partial charge >= 0.3 is 0 Å². The average Bonchev–Trinajstić information content (AvgIpc) is 3.14. The Bertz CT molecular complexity index is 1040. The summed E-state index contributed by atoms with van der Waals surface area (Å²) in [7, 11) is 4.75. The van der Waals surface area contributed by atoms with Crippen LogP contribution >= 0.6 is 23.1 Å². The topological polar surface area (TPSA) is 82.5 Å². The third-order valence-electron chi connectivity index (χ3n) is 3.95. The predicted octanol–water partition coefficient (Wildman–Crippen LogP) is 3.13. The Morgan fingerprint density at radius 2 is 2.00 bits per heavy atom. The standard InChI is InChI=1S/C18H19N3O4S2/c1-10(16(22)19-11-5-6-13(24-3)14(9-11)25-4)27-18-20-12-7-8-26-15(12)17(23)21(18)2/h5-10H,1-4H3,(H,19,22). The van der Waals surface area contributed by atoms with E-state index in [0.717, 1.165) is 0 Å². The number of carbonyl (C=O) groups is 1. The Morgan fingerprint density at radius 1 is 1.26 bits per heavy atom. The number of anilines is 1. The van der Waals surface area contributed by atoms with Gasteiger partial charge in [-0.05, 0) is 30.5 Å². The number of thioether (sulfide) groups is 1. The van der Waals surface area contributed by atoms with Crippen molar-refractivity contribution in [1.82, 2.24) is 9.55 Å². The number of amides is 1. The first-order valence-corrected chi connectivity index (χ1v) is 9.84. The molecule has 27 heavy (non-hydrogen) atoms. The molecule has 0 bridgehead atoms. The molecule has 0 aliphatic rings. The zero-order chi connectivity index (χ0) is 19.6. The van der Waals surface area contributed by atoms with Crippen LogP contribution in [0.2, 0.25) is 0 Å². The molecule has 0 fully saturated rings. The predicted molar refractivity (Wildman–Crippen MR) is 108 cm³/mol. The highest BCUT2D eigenvalue weighted by atomic mass is 32.2. The molecule has 0 saturated heterocycles. The van der Waals surface area contributed by atoms with Gasteiger partial charge < -0.3 is 14.8 Å². The molecule has 1 N–H and O–H groups in total. The van der Waals surface area contributed by atoms with Crippen molar-refractivity contribution in [3.8, 4) is 11.5 Å². The smallest absolute Gasteiger partial charge is 0.271 e. The van der Waals surface area contributed by atoms with Gasteiger partial charge in [0.15, 0.2) is 16.7 Å². The molecule has 1 aromatic carbocycles. The van der Waals surface area contributed by atoms with Crippen LogP contribution in [0.4, 0.5) is 5.69 Å². The van der Waals surface area contributed by atoms with Crippen molar-refractivity contribution >= 4 is 44.9 Å². The van der Waals surface area contributed by atoms with E-state index in [-0.39, 0.29) is 11.5 Å². The zero-order valence-electron chi connectivity index (χ0n) is 15.3. The van der Waals surface area contributed by atoms with Gasteiger partial charge in [0.25, 0.3) is 5.56 Å². The van der Waals surface area contributed by atoms with Crippen molar-refractivity contribution in [2.45, 2.75) is 17.3 Å². The van der Waals surface area contributed by atoms with Gasteiger partial charge in [-0.15, -0.1) is 11.3 Å². The van der Waals surface area contributed by atoms with Crippen LogP contribution in [-0.4, -0.2) is 34.9 Å². The SMILES string of the molecule is COc1ccc(NC(=O)C(C)Sc2nc3ccsc3c(=O)n2C)cc1OC. The highest BCUT2D eigenvalue weighted by Crippen LogP contribution is 2.30. The van der Waals surface area contributed by atoms with Crippen LogP contribution in [0.1, 0.15) is 6.92 Å². The van der Waals surface area contributed by atoms with Gasteiger partial charge in [0.2, 0.25) is 5.91 Å². The summed E-state index contributed by atoms with van der Waals surface area (Å²) >= 11 is 2.60. The Balaban J connectivity index is 1.77. The molecule has 2 aromatic heterocycles. The van der Waals surface area contributed by atoms with Gasteiger partial charge in [0, 0.05) is 18.8 Å². The number of hydrogen-bond donors (Lipinski definition) is 1. The fraction of sp³-hybridized carbons (Fsp3) is 0.278. The van der Waals surface area contributed by atoms with Gasteiger partial charge in [0.1, 0.15) is 4.70 Å². The first kappa shape index (κ1) is 19.2. The Morgan fingerprint density at radius 3 is 2.70 bits per heavy atom. The van der Waals surface area contributed by atoms with Crippen molar-refractivity contribution in [3.63, 3.8) is 0 Å². The number of hydrogen-bond acceptors (Lipinski definition) is 7. The largest absolute Gasteiger partial charge is 0.493 e. The molecule has 3 rings (SSSR count). The van der Waals surface area contributed by atoms with E-state index >= 15 is 0 Å². The molecule has 0 aliphatic heterocycles. The number of fused-ring (bicyclic) bond motifs is 1. The molecule has 1 atom stereocenters. The van der Waals surface area contributed by atoms with Crippen molar-refractivity contribution in [2.24, 2.45) is 7.05 Å². The molecular formula is C18H19N3O4S2. The molecule has 142 valence electrons. The van der Waals surface area contributed by atoms with E-state index in [1.54, 1.807) is 45.3 Å². The zero-order valence-corrected chi connectivity index (χ0v) is 16.9. The van der Waals surface area contributed by atoms with Crippen molar-refractivity contribution in [1.29, 1.82) is 0 Å². The van der Waals surface area contributed by atoms with Crippen molar-refractivity contribution in [2.75, 3.05) is 19.5 Å². The lowest BCUT2D eigenvalue weighted by atomic mass is 10.2. The molecule has 0 saturated carbocycles. The Labute approximate surface area is 164 Å². The molecule has 0 radical (unpaired) electrons. The fourth-order valence-electron chi connectivity index (χ4n) is 2.44. The van der Waals surface area contributed by atoms with Gasteiger partial charge in [0.05, 0.1) is 25.0 Å². The molecule has 1 unspecified atom stereocenters. The number of ether oxygens (including phenoxy) is 2.